The molecular weight excluding hydrogens is 544 g/mol. The topological polar surface area (TPSA) is 103 Å². The molecule has 2 aliphatic carbocycles. The number of hydrogen-bond acceptors (Lipinski definition) is 5. The molecule has 2 heterocycles. The van der Waals surface area contributed by atoms with Crippen LogP contribution in [0.1, 0.15) is 61.8 Å². The van der Waals surface area contributed by atoms with Crippen molar-refractivity contribution in [1.82, 2.24) is 24.6 Å². The molecule has 0 spiro atoms. The van der Waals surface area contributed by atoms with Crippen molar-refractivity contribution in [2.45, 2.75) is 91.0 Å². The van der Waals surface area contributed by atoms with Crippen molar-refractivity contribution in [3.8, 4) is 11.3 Å². The highest BCUT2D eigenvalue weighted by Gasteiger charge is 2.48. The second kappa shape index (κ2) is 12.5. The number of carbonyl (C=O) groups is 2. The van der Waals surface area contributed by atoms with Gasteiger partial charge in [-0.2, -0.15) is 5.10 Å². The van der Waals surface area contributed by atoms with Crippen molar-refractivity contribution < 1.29 is 14.3 Å². The molecule has 10 heteroatoms. The predicted octanol–water partition coefficient (Wildman–Crippen LogP) is 6.12. The van der Waals surface area contributed by atoms with Crippen LogP contribution >= 0.6 is 0 Å². The van der Waals surface area contributed by atoms with E-state index in [0.717, 1.165) is 55.3 Å². The molecule has 0 saturated heterocycles. The van der Waals surface area contributed by atoms with Gasteiger partial charge in [-0.15, -0.1) is 0 Å². The molecule has 0 radical (unpaired) electrons. The number of nitrogens with one attached hydrogen (secondary N) is 2. The van der Waals surface area contributed by atoms with Crippen LogP contribution < -0.4 is 10.6 Å². The van der Waals surface area contributed by atoms with Crippen molar-refractivity contribution in [2.75, 3.05) is 11.9 Å². The van der Waals surface area contributed by atoms with E-state index >= 15 is 0 Å². The second-order valence-corrected chi connectivity index (χ2v) is 19.1. The van der Waals surface area contributed by atoms with E-state index in [9.17, 15) is 9.59 Å². The van der Waals surface area contributed by atoms with Crippen molar-refractivity contribution in [2.24, 2.45) is 17.8 Å². The van der Waals surface area contributed by atoms with Gasteiger partial charge in [0.2, 0.25) is 5.91 Å². The van der Waals surface area contributed by atoms with Gasteiger partial charge in [-0.05, 0) is 88.5 Å². The maximum Gasteiger partial charge on any atom is 0.270 e. The van der Waals surface area contributed by atoms with Crippen molar-refractivity contribution in [3.05, 3.63) is 54.2 Å². The summed E-state index contributed by atoms with van der Waals surface area (Å²) >= 11 is 0. The Balaban J connectivity index is 1.29. The standard InChI is InChI=1S/C32H46N6O3Si/c1-21(2)38-27(15-16-34-38)31(39)36-29(28(23-7-8-23)24-9-10-24)32(40)35-26-13-11-25(12-14-26)30-22(3)33-19-37(30)20-41-17-18-42(4,5)6/h11-16,19,21,23-24,28-29H,7-10,17-18,20H2,1-6H3,(H,35,40)(H,36,39)/t29-/m0/s1. The van der Waals surface area contributed by atoms with Crippen molar-refractivity contribution in [1.29, 1.82) is 0 Å². The minimum atomic E-state index is -1.15. The van der Waals surface area contributed by atoms with Crippen LogP contribution in [0.25, 0.3) is 11.3 Å². The zero-order valence-electron chi connectivity index (χ0n) is 25.9. The molecule has 226 valence electrons. The van der Waals surface area contributed by atoms with Crippen molar-refractivity contribution >= 4 is 25.6 Å². The summed E-state index contributed by atoms with van der Waals surface area (Å²) in [5, 5.41) is 10.6. The molecule has 0 unspecified atom stereocenters. The Morgan fingerprint density at radius 3 is 2.31 bits per heavy atom. The first-order chi connectivity index (χ1) is 20.0. The van der Waals surface area contributed by atoms with E-state index in [4.69, 9.17) is 4.74 Å². The summed E-state index contributed by atoms with van der Waals surface area (Å²) in [5.74, 6) is 0.720. The van der Waals surface area contributed by atoms with Crippen molar-refractivity contribution in [3.63, 3.8) is 0 Å². The molecule has 2 fully saturated rings. The number of carbonyl (C=O) groups excluding carboxylic acids is 2. The van der Waals surface area contributed by atoms with Gasteiger partial charge in [0.05, 0.1) is 17.7 Å². The van der Waals surface area contributed by atoms with E-state index in [-0.39, 0.29) is 23.8 Å². The van der Waals surface area contributed by atoms with Gasteiger partial charge in [0, 0.05) is 38.2 Å². The third-order valence-corrected chi connectivity index (χ3v) is 10.1. The molecular formula is C32H46N6O3Si. The molecule has 9 nitrogen and oxygen atoms in total. The summed E-state index contributed by atoms with van der Waals surface area (Å²) in [6, 6.07) is 10.2. The third-order valence-electron chi connectivity index (χ3n) is 8.35. The normalized spacial score (nSPS) is 16.2. The highest BCUT2D eigenvalue weighted by atomic mass is 28.3. The summed E-state index contributed by atoms with van der Waals surface area (Å²) in [6.45, 7) is 14.2. The number of aromatic nitrogens is 4. The highest BCUT2D eigenvalue weighted by Crippen LogP contribution is 2.51. The lowest BCUT2D eigenvalue weighted by molar-refractivity contribution is -0.119. The minimum absolute atomic E-state index is 0.0471. The van der Waals surface area contributed by atoms with Gasteiger partial charge in [-0.25, -0.2) is 4.98 Å². The molecule has 0 aliphatic heterocycles. The van der Waals surface area contributed by atoms with Crippen LogP contribution in [0.15, 0.2) is 42.9 Å². The molecule has 5 rings (SSSR count). The van der Waals surface area contributed by atoms with Crippen LogP contribution in [0, 0.1) is 24.7 Å². The fourth-order valence-electron chi connectivity index (χ4n) is 5.78. The minimum Gasteiger partial charge on any atom is -0.361 e. The molecule has 2 aliphatic rings. The highest BCUT2D eigenvalue weighted by molar-refractivity contribution is 6.76. The summed E-state index contributed by atoms with van der Waals surface area (Å²) in [6.07, 6.45) is 7.94. The van der Waals surface area contributed by atoms with E-state index < -0.39 is 14.1 Å². The lowest BCUT2D eigenvalue weighted by atomic mass is 9.88. The van der Waals surface area contributed by atoms with E-state index in [1.54, 1.807) is 16.9 Å². The van der Waals surface area contributed by atoms with Gasteiger partial charge >= 0.3 is 0 Å². The Bertz CT molecular complexity index is 1370. The summed E-state index contributed by atoms with van der Waals surface area (Å²) in [4.78, 5) is 31.7. The maximum atomic E-state index is 13.8. The zero-order chi connectivity index (χ0) is 30.0. The Morgan fingerprint density at radius 2 is 1.71 bits per heavy atom. The quantitative estimate of drug-likeness (QED) is 0.174. The monoisotopic (exact) mass is 590 g/mol. The number of aryl methyl sites for hydroxylation is 1. The van der Waals surface area contributed by atoms with Crippen LogP contribution in [0.3, 0.4) is 0 Å². The van der Waals surface area contributed by atoms with Crippen LogP contribution in [-0.2, 0) is 16.3 Å². The number of nitrogens with zero attached hydrogens (tertiary/aromatic N) is 4. The van der Waals surface area contributed by atoms with E-state index in [1.165, 1.54) is 0 Å². The third kappa shape index (κ3) is 7.39. The van der Waals surface area contributed by atoms with Gasteiger partial charge in [0.15, 0.2) is 0 Å². The van der Waals surface area contributed by atoms with E-state index in [2.05, 4.69) is 40.4 Å². The Hall–Kier alpha value is -3.24. The van der Waals surface area contributed by atoms with E-state index in [0.29, 0.717) is 29.9 Å². The van der Waals surface area contributed by atoms with Gasteiger partial charge in [-0.3, -0.25) is 14.3 Å². The molecule has 2 aromatic heterocycles. The zero-order valence-corrected chi connectivity index (χ0v) is 26.9. The summed E-state index contributed by atoms with van der Waals surface area (Å²) < 4.78 is 9.73. The maximum absolute atomic E-state index is 13.8. The van der Waals surface area contributed by atoms with Crippen LogP contribution in [0.4, 0.5) is 5.69 Å². The SMILES string of the molecule is Cc1ncn(COCC[Si](C)(C)C)c1-c1ccc(NC(=O)[C@@H](NC(=O)c2ccnn2C(C)C)C(C2CC2)C2CC2)cc1. The number of imidazole rings is 1. The number of benzene rings is 1. The summed E-state index contributed by atoms with van der Waals surface area (Å²) in [7, 11) is -1.15. The number of anilines is 1. The first-order valence-corrected chi connectivity index (χ1v) is 19.1. The molecule has 1 atom stereocenters. The van der Waals surface area contributed by atoms with Crippen LogP contribution in [-0.4, -0.2) is 51.9 Å². The largest absolute Gasteiger partial charge is 0.361 e. The van der Waals surface area contributed by atoms with Gasteiger partial charge in [0.25, 0.3) is 5.91 Å². The molecule has 1 aromatic carbocycles. The lowest BCUT2D eigenvalue weighted by Crippen LogP contribution is -2.50. The number of ether oxygens (including phenoxy) is 1. The Labute approximate surface area is 250 Å². The first-order valence-electron chi connectivity index (χ1n) is 15.4. The molecule has 2 saturated carbocycles. The predicted molar refractivity (Wildman–Crippen MR) is 168 cm³/mol. The van der Waals surface area contributed by atoms with Gasteiger partial charge < -0.3 is 19.9 Å². The van der Waals surface area contributed by atoms with Crippen LogP contribution in [0.5, 0.6) is 0 Å². The fraction of sp³-hybridized carbons (Fsp3) is 0.562. The van der Waals surface area contributed by atoms with Gasteiger partial charge in [-0.1, -0.05) is 31.8 Å². The lowest BCUT2D eigenvalue weighted by Gasteiger charge is -2.28. The average molecular weight is 591 g/mol. The van der Waals surface area contributed by atoms with Crippen LogP contribution in [0.2, 0.25) is 25.7 Å². The molecule has 42 heavy (non-hydrogen) atoms. The fourth-order valence-corrected chi connectivity index (χ4v) is 6.53. The molecule has 2 N–H and O–H groups in total. The average Bonchev–Trinajstić information content (AvgIpc) is 3.86. The first kappa shape index (κ1) is 30.2. The van der Waals surface area contributed by atoms with Gasteiger partial charge in [0.1, 0.15) is 18.5 Å². The molecule has 3 aromatic rings. The molecule has 2 amide bonds. The smallest absolute Gasteiger partial charge is 0.270 e. The molecule has 0 bridgehead atoms. The van der Waals surface area contributed by atoms with E-state index in [1.807, 2.05) is 55.9 Å². The number of rotatable bonds is 14. The number of hydrogen-bond donors (Lipinski definition) is 2. The Morgan fingerprint density at radius 1 is 1.05 bits per heavy atom. The second-order valence-electron chi connectivity index (χ2n) is 13.5. The summed E-state index contributed by atoms with van der Waals surface area (Å²) in [5.41, 5.74) is 4.14. The Kier molecular flexibility index (Phi) is 9.03. The number of amides is 2.